The lowest BCUT2D eigenvalue weighted by atomic mass is 9.73. The van der Waals surface area contributed by atoms with Gasteiger partial charge in [0.25, 0.3) is 0 Å². The number of carbonyl (C=O) groups excluding carboxylic acids is 2. The van der Waals surface area contributed by atoms with E-state index in [1.54, 1.807) is 19.0 Å². The summed E-state index contributed by atoms with van der Waals surface area (Å²) in [5.74, 6) is 0.0477. The fourth-order valence-corrected chi connectivity index (χ4v) is 2.90. The minimum Gasteiger partial charge on any atom is -0.347 e. The maximum absolute atomic E-state index is 12.9. The molecule has 1 saturated carbocycles. The van der Waals surface area contributed by atoms with E-state index in [1.807, 2.05) is 6.92 Å². The second-order valence-corrected chi connectivity index (χ2v) is 6.06. The second-order valence-electron chi connectivity index (χ2n) is 6.06. The molecule has 0 bridgehead atoms. The summed E-state index contributed by atoms with van der Waals surface area (Å²) in [5, 5.41) is 0. The van der Waals surface area contributed by atoms with Gasteiger partial charge in [-0.15, -0.1) is 0 Å². The molecule has 0 aromatic carbocycles. The summed E-state index contributed by atoms with van der Waals surface area (Å²) in [6, 6.07) is 0. The molecule has 2 N–H and O–H groups in total. The Morgan fingerprint density at radius 1 is 1.15 bits per heavy atom. The van der Waals surface area contributed by atoms with Crippen molar-refractivity contribution in [1.29, 1.82) is 0 Å². The van der Waals surface area contributed by atoms with Crippen LogP contribution in [0.5, 0.6) is 0 Å². The number of nitrogens with two attached hydrogens (primary N) is 1. The molecule has 0 aromatic heterocycles. The van der Waals surface area contributed by atoms with Gasteiger partial charge in [-0.25, -0.2) is 0 Å². The van der Waals surface area contributed by atoms with Crippen LogP contribution in [0.2, 0.25) is 0 Å². The van der Waals surface area contributed by atoms with Crippen molar-refractivity contribution in [3.05, 3.63) is 0 Å². The van der Waals surface area contributed by atoms with E-state index in [2.05, 4.69) is 0 Å². The molecule has 0 aromatic rings. The van der Waals surface area contributed by atoms with Crippen LogP contribution in [0.15, 0.2) is 0 Å². The van der Waals surface area contributed by atoms with E-state index in [0.29, 0.717) is 13.1 Å². The van der Waals surface area contributed by atoms with Crippen molar-refractivity contribution in [2.24, 2.45) is 11.1 Å². The van der Waals surface area contributed by atoms with Gasteiger partial charge < -0.3 is 15.5 Å². The van der Waals surface area contributed by atoms with Gasteiger partial charge in [-0.3, -0.25) is 9.59 Å². The maximum atomic E-state index is 12.9. The first-order valence-corrected chi connectivity index (χ1v) is 7.66. The van der Waals surface area contributed by atoms with Gasteiger partial charge in [0.2, 0.25) is 11.8 Å². The molecule has 1 rings (SSSR count). The topological polar surface area (TPSA) is 66.6 Å². The van der Waals surface area contributed by atoms with Crippen molar-refractivity contribution >= 4 is 11.8 Å². The van der Waals surface area contributed by atoms with E-state index >= 15 is 0 Å². The summed E-state index contributed by atoms with van der Waals surface area (Å²) in [6.45, 7) is 3.21. The molecule has 1 aliphatic rings. The lowest BCUT2D eigenvalue weighted by Crippen LogP contribution is -2.51. The van der Waals surface area contributed by atoms with Gasteiger partial charge in [-0.05, 0) is 19.3 Å². The average molecular weight is 283 g/mol. The van der Waals surface area contributed by atoms with Gasteiger partial charge in [0.1, 0.15) is 0 Å². The monoisotopic (exact) mass is 283 g/mol. The third-order valence-electron chi connectivity index (χ3n) is 4.26. The molecule has 20 heavy (non-hydrogen) atoms. The highest BCUT2D eigenvalue weighted by molar-refractivity contribution is 5.88. The van der Waals surface area contributed by atoms with Crippen LogP contribution in [0, 0.1) is 5.41 Å². The first kappa shape index (κ1) is 17.0. The maximum Gasteiger partial charge on any atom is 0.241 e. The fourth-order valence-electron chi connectivity index (χ4n) is 2.90. The van der Waals surface area contributed by atoms with Crippen LogP contribution in [0.3, 0.4) is 0 Å². The number of likely N-dealkylation sites (N-methyl/N-ethyl adjacent to an activating group) is 1. The highest BCUT2D eigenvalue weighted by Gasteiger charge is 2.41. The lowest BCUT2D eigenvalue weighted by molar-refractivity contribution is -0.148. The molecule has 0 saturated heterocycles. The van der Waals surface area contributed by atoms with Crippen LogP contribution in [0.4, 0.5) is 0 Å². The first-order valence-electron chi connectivity index (χ1n) is 7.66. The number of carbonyl (C=O) groups is 2. The standard InChI is InChI=1S/C15H29N3O2/c1-4-10-18(11-13(19)17(2)3)14(20)15(12-16)8-6-5-7-9-15/h4-12,16H2,1-3H3. The van der Waals surface area contributed by atoms with Crippen LogP contribution in [-0.4, -0.2) is 55.3 Å². The minimum absolute atomic E-state index is 0.0326. The molecule has 2 amide bonds. The molecule has 5 nitrogen and oxygen atoms in total. The molecular weight excluding hydrogens is 254 g/mol. The van der Waals surface area contributed by atoms with E-state index in [-0.39, 0.29) is 18.4 Å². The number of nitrogens with zero attached hydrogens (tertiary/aromatic N) is 2. The van der Waals surface area contributed by atoms with Crippen LogP contribution in [-0.2, 0) is 9.59 Å². The Hall–Kier alpha value is -1.10. The summed E-state index contributed by atoms with van der Waals surface area (Å²) in [5.41, 5.74) is 5.49. The molecule has 0 aliphatic heterocycles. The molecule has 0 radical (unpaired) electrons. The predicted molar refractivity (Wildman–Crippen MR) is 80.1 cm³/mol. The van der Waals surface area contributed by atoms with E-state index < -0.39 is 5.41 Å². The van der Waals surface area contributed by atoms with Crippen molar-refractivity contribution < 1.29 is 9.59 Å². The normalized spacial score (nSPS) is 17.6. The van der Waals surface area contributed by atoms with Gasteiger partial charge in [-0.1, -0.05) is 26.2 Å². The van der Waals surface area contributed by atoms with Crippen LogP contribution in [0.1, 0.15) is 45.4 Å². The lowest BCUT2D eigenvalue weighted by Gasteiger charge is -2.39. The smallest absolute Gasteiger partial charge is 0.241 e. The number of amides is 2. The molecule has 0 spiro atoms. The fraction of sp³-hybridized carbons (Fsp3) is 0.867. The molecule has 0 heterocycles. The summed E-state index contributed by atoms with van der Waals surface area (Å²) in [6.07, 6.45) is 5.87. The van der Waals surface area contributed by atoms with Crippen LogP contribution < -0.4 is 5.73 Å². The third kappa shape index (κ3) is 3.95. The largest absolute Gasteiger partial charge is 0.347 e. The predicted octanol–water partition coefficient (Wildman–Crippen LogP) is 1.22. The highest BCUT2D eigenvalue weighted by Crippen LogP contribution is 2.37. The third-order valence-corrected chi connectivity index (χ3v) is 4.26. The van der Waals surface area contributed by atoms with Crippen molar-refractivity contribution in [2.75, 3.05) is 33.7 Å². The molecule has 1 fully saturated rings. The van der Waals surface area contributed by atoms with Gasteiger partial charge >= 0.3 is 0 Å². The first-order chi connectivity index (χ1) is 9.46. The van der Waals surface area contributed by atoms with Crippen molar-refractivity contribution in [3.63, 3.8) is 0 Å². The van der Waals surface area contributed by atoms with Crippen LogP contribution in [0.25, 0.3) is 0 Å². The molecule has 0 atom stereocenters. The summed E-state index contributed by atoms with van der Waals surface area (Å²) < 4.78 is 0. The van der Waals surface area contributed by atoms with Crippen molar-refractivity contribution in [3.8, 4) is 0 Å². The quantitative estimate of drug-likeness (QED) is 0.797. The zero-order valence-corrected chi connectivity index (χ0v) is 13.2. The zero-order chi connectivity index (χ0) is 15.2. The molecule has 0 unspecified atom stereocenters. The van der Waals surface area contributed by atoms with Gasteiger partial charge in [-0.2, -0.15) is 0 Å². The van der Waals surface area contributed by atoms with Gasteiger partial charge in [0.15, 0.2) is 0 Å². The Kier molecular flexibility index (Phi) is 6.46. The summed E-state index contributed by atoms with van der Waals surface area (Å²) in [4.78, 5) is 28.0. The SMILES string of the molecule is CCCN(CC(=O)N(C)C)C(=O)C1(CN)CCCCC1. The Balaban J connectivity index is 2.83. The Labute approximate surface area is 122 Å². The van der Waals surface area contributed by atoms with E-state index in [9.17, 15) is 9.59 Å². The molecule has 116 valence electrons. The van der Waals surface area contributed by atoms with Crippen molar-refractivity contribution in [2.45, 2.75) is 45.4 Å². The van der Waals surface area contributed by atoms with Gasteiger partial charge in [0.05, 0.1) is 12.0 Å². The highest BCUT2D eigenvalue weighted by atomic mass is 16.2. The molecular formula is C15H29N3O2. The number of hydrogen-bond donors (Lipinski definition) is 1. The average Bonchev–Trinajstić information content (AvgIpc) is 2.46. The van der Waals surface area contributed by atoms with E-state index in [4.69, 9.17) is 5.73 Å². The van der Waals surface area contributed by atoms with Crippen molar-refractivity contribution in [1.82, 2.24) is 9.80 Å². The number of hydrogen-bond acceptors (Lipinski definition) is 3. The summed E-state index contributed by atoms with van der Waals surface area (Å²) in [7, 11) is 3.44. The molecule has 1 aliphatic carbocycles. The Bertz CT molecular complexity index is 336. The molecule has 5 heteroatoms. The van der Waals surface area contributed by atoms with E-state index in [0.717, 1.165) is 32.1 Å². The Morgan fingerprint density at radius 3 is 2.20 bits per heavy atom. The minimum atomic E-state index is -0.431. The summed E-state index contributed by atoms with van der Waals surface area (Å²) >= 11 is 0. The Morgan fingerprint density at radius 2 is 1.75 bits per heavy atom. The van der Waals surface area contributed by atoms with Gasteiger partial charge in [0, 0.05) is 27.2 Å². The van der Waals surface area contributed by atoms with Crippen LogP contribution >= 0.6 is 0 Å². The zero-order valence-electron chi connectivity index (χ0n) is 13.2. The number of rotatable bonds is 6. The second kappa shape index (κ2) is 7.62. The van der Waals surface area contributed by atoms with E-state index in [1.165, 1.54) is 11.3 Å².